The van der Waals surface area contributed by atoms with Gasteiger partial charge in [0.2, 0.25) is 0 Å². The van der Waals surface area contributed by atoms with Gasteiger partial charge in [-0.3, -0.25) is 0 Å². The van der Waals surface area contributed by atoms with E-state index in [2.05, 4.69) is 24.2 Å². The first kappa shape index (κ1) is 10.9. The zero-order chi connectivity index (χ0) is 8.69. The fourth-order valence-electron chi connectivity index (χ4n) is 0.934. The van der Waals surface area contributed by atoms with E-state index in [0.717, 1.165) is 19.7 Å². The fraction of sp³-hybridized carbons (Fsp3) is 1.00. The lowest BCUT2D eigenvalue weighted by Gasteiger charge is -2.21. The van der Waals surface area contributed by atoms with Crippen LogP contribution in [-0.2, 0) is 4.74 Å². The lowest BCUT2D eigenvalue weighted by Crippen LogP contribution is -2.40. The summed E-state index contributed by atoms with van der Waals surface area (Å²) in [6.45, 7) is 5.06. The highest BCUT2D eigenvalue weighted by Gasteiger charge is 2.06. The minimum Gasteiger partial charge on any atom is -0.383 e. The summed E-state index contributed by atoms with van der Waals surface area (Å²) in [4.78, 5) is 2.26. The van der Waals surface area contributed by atoms with Crippen LogP contribution >= 0.6 is 0 Å². The predicted octanol–water partition coefficient (Wildman–Crippen LogP) is 0.173. The van der Waals surface area contributed by atoms with Gasteiger partial charge in [0.15, 0.2) is 0 Å². The van der Waals surface area contributed by atoms with Crippen LogP contribution in [0.15, 0.2) is 0 Å². The zero-order valence-electron chi connectivity index (χ0n) is 8.05. The monoisotopic (exact) mass is 160 g/mol. The normalized spacial score (nSPS) is 13.9. The van der Waals surface area contributed by atoms with Crippen molar-refractivity contribution in [2.75, 3.05) is 40.9 Å². The van der Waals surface area contributed by atoms with E-state index in [1.165, 1.54) is 0 Å². The van der Waals surface area contributed by atoms with Crippen molar-refractivity contribution in [2.45, 2.75) is 13.0 Å². The molecule has 0 aromatic carbocycles. The van der Waals surface area contributed by atoms with E-state index in [1.807, 2.05) is 7.05 Å². The maximum absolute atomic E-state index is 5.05. The van der Waals surface area contributed by atoms with Crippen molar-refractivity contribution in [3.63, 3.8) is 0 Å². The van der Waals surface area contributed by atoms with Crippen molar-refractivity contribution >= 4 is 0 Å². The Kier molecular flexibility index (Phi) is 6.51. The van der Waals surface area contributed by atoms with E-state index in [-0.39, 0.29) is 0 Å². The first-order chi connectivity index (χ1) is 5.24. The van der Waals surface area contributed by atoms with Crippen LogP contribution in [0.5, 0.6) is 0 Å². The van der Waals surface area contributed by atoms with Gasteiger partial charge in [-0.05, 0) is 20.6 Å². The third-order valence-corrected chi connectivity index (χ3v) is 1.85. The van der Waals surface area contributed by atoms with Gasteiger partial charge in [-0.15, -0.1) is 0 Å². The van der Waals surface area contributed by atoms with Crippen LogP contribution in [0.2, 0.25) is 0 Å². The highest BCUT2D eigenvalue weighted by atomic mass is 16.5. The Bertz CT molecular complexity index is 88.2. The highest BCUT2D eigenvalue weighted by molar-refractivity contribution is 4.66. The van der Waals surface area contributed by atoms with Gasteiger partial charge in [-0.2, -0.15) is 0 Å². The summed E-state index contributed by atoms with van der Waals surface area (Å²) < 4.78 is 5.05. The van der Waals surface area contributed by atoms with Gasteiger partial charge in [-0.25, -0.2) is 0 Å². The molecule has 68 valence electrons. The molecule has 0 amide bonds. The number of hydrogen-bond donors (Lipinski definition) is 1. The molecule has 0 aliphatic rings. The van der Waals surface area contributed by atoms with Crippen LogP contribution < -0.4 is 5.32 Å². The summed E-state index contributed by atoms with van der Waals surface area (Å²) in [5.41, 5.74) is 0. The Morgan fingerprint density at radius 3 is 2.55 bits per heavy atom. The third-order valence-electron chi connectivity index (χ3n) is 1.85. The number of hydrogen-bond acceptors (Lipinski definition) is 3. The molecule has 3 nitrogen and oxygen atoms in total. The standard InChI is InChI=1S/C8H20N2O/c1-5-10(3)6-8(9-2)7-11-4/h8-9H,5-7H2,1-4H3. The van der Waals surface area contributed by atoms with Crippen molar-refractivity contribution in [1.29, 1.82) is 0 Å². The van der Waals surface area contributed by atoms with E-state index < -0.39 is 0 Å². The average Bonchev–Trinajstić information content (AvgIpc) is 2.03. The molecule has 0 saturated carbocycles. The lowest BCUT2D eigenvalue weighted by atomic mass is 10.3. The van der Waals surface area contributed by atoms with Crippen LogP contribution in [0.1, 0.15) is 6.92 Å². The van der Waals surface area contributed by atoms with Gasteiger partial charge in [0, 0.05) is 19.7 Å². The molecule has 0 fully saturated rings. The summed E-state index contributed by atoms with van der Waals surface area (Å²) in [7, 11) is 5.81. The number of likely N-dealkylation sites (N-methyl/N-ethyl adjacent to an activating group) is 2. The van der Waals surface area contributed by atoms with E-state index in [0.29, 0.717) is 6.04 Å². The van der Waals surface area contributed by atoms with E-state index >= 15 is 0 Å². The molecule has 3 heteroatoms. The molecule has 0 spiro atoms. The van der Waals surface area contributed by atoms with E-state index in [4.69, 9.17) is 4.74 Å². The molecule has 0 bridgehead atoms. The molecule has 0 saturated heterocycles. The van der Waals surface area contributed by atoms with Crippen LogP contribution in [-0.4, -0.2) is 51.8 Å². The SMILES string of the molecule is CCN(C)CC(COC)NC. The van der Waals surface area contributed by atoms with Crippen molar-refractivity contribution in [3.05, 3.63) is 0 Å². The Morgan fingerprint density at radius 1 is 1.55 bits per heavy atom. The molecule has 0 aliphatic carbocycles. The second kappa shape index (κ2) is 6.58. The molecule has 0 aromatic rings. The molecular weight excluding hydrogens is 140 g/mol. The molecule has 0 radical (unpaired) electrons. The molecule has 0 rings (SSSR count). The molecule has 1 atom stereocenters. The number of methoxy groups -OCH3 is 1. The molecule has 0 aliphatic heterocycles. The Morgan fingerprint density at radius 2 is 2.18 bits per heavy atom. The van der Waals surface area contributed by atoms with Crippen LogP contribution in [0.25, 0.3) is 0 Å². The van der Waals surface area contributed by atoms with Gasteiger partial charge < -0.3 is 15.0 Å². The summed E-state index contributed by atoms with van der Waals surface area (Å²) in [5, 5.41) is 3.20. The van der Waals surface area contributed by atoms with Crippen LogP contribution in [0, 0.1) is 0 Å². The Balaban J connectivity index is 3.49. The summed E-state index contributed by atoms with van der Waals surface area (Å²) in [5.74, 6) is 0. The fourth-order valence-corrected chi connectivity index (χ4v) is 0.934. The molecule has 1 unspecified atom stereocenters. The summed E-state index contributed by atoms with van der Waals surface area (Å²) >= 11 is 0. The van der Waals surface area contributed by atoms with Crippen molar-refractivity contribution in [2.24, 2.45) is 0 Å². The maximum atomic E-state index is 5.05. The van der Waals surface area contributed by atoms with Crippen LogP contribution in [0.3, 0.4) is 0 Å². The smallest absolute Gasteiger partial charge is 0.0628 e. The minimum atomic E-state index is 0.449. The lowest BCUT2D eigenvalue weighted by molar-refractivity contribution is 0.150. The average molecular weight is 160 g/mol. The molecule has 11 heavy (non-hydrogen) atoms. The summed E-state index contributed by atoms with van der Waals surface area (Å²) in [6, 6.07) is 0.449. The van der Waals surface area contributed by atoms with Crippen molar-refractivity contribution in [1.82, 2.24) is 10.2 Å². The number of nitrogens with zero attached hydrogens (tertiary/aromatic N) is 1. The van der Waals surface area contributed by atoms with Gasteiger partial charge in [-0.1, -0.05) is 6.92 Å². The first-order valence-electron chi connectivity index (χ1n) is 4.09. The molecule has 0 heterocycles. The third kappa shape index (κ3) is 5.18. The second-order valence-corrected chi connectivity index (χ2v) is 2.80. The molecule has 1 N–H and O–H groups in total. The number of rotatable bonds is 6. The zero-order valence-corrected chi connectivity index (χ0v) is 8.05. The van der Waals surface area contributed by atoms with Crippen molar-refractivity contribution < 1.29 is 4.74 Å². The van der Waals surface area contributed by atoms with Gasteiger partial charge >= 0.3 is 0 Å². The van der Waals surface area contributed by atoms with Gasteiger partial charge in [0.1, 0.15) is 0 Å². The highest BCUT2D eigenvalue weighted by Crippen LogP contribution is 1.88. The number of nitrogens with one attached hydrogen (secondary N) is 1. The number of ether oxygens (including phenoxy) is 1. The largest absolute Gasteiger partial charge is 0.383 e. The summed E-state index contributed by atoms with van der Waals surface area (Å²) in [6.07, 6.45) is 0. The Labute approximate surface area is 69.7 Å². The molecule has 0 aromatic heterocycles. The van der Waals surface area contributed by atoms with E-state index in [1.54, 1.807) is 7.11 Å². The predicted molar refractivity (Wildman–Crippen MR) is 47.9 cm³/mol. The minimum absolute atomic E-state index is 0.449. The molecular formula is C8H20N2O. The van der Waals surface area contributed by atoms with Crippen molar-refractivity contribution in [3.8, 4) is 0 Å². The van der Waals surface area contributed by atoms with E-state index in [9.17, 15) is 0 Å². The first-order valence-corrected chi connectivity index (χ1v) is 4.09. The Hall–Kier alpha value is -0.120. The maximum Gasteiger partial charge on any atom is 0.0628 e. The van der Waals surface area contributed by atoms with Gasteiger partial charge in [0.25, 0.3) is 0 Å². The second-order valence-electron chi connectivity index (χ2n) is 2.80. The van der Waals surface area contributed by atoms with Crippen LogP contribution in [0.4, 0.5) is 0 Å². The topological polar surface area (TPSA) is 24.5 Å². The quantitative estimate of drug-likeness (QED) is 0.599. The van der Waals surface area contributed by atoms with Gasteiger partial charge in [0.05, 0.1) is 6.61 Å².